The van der Waals surface area contributed by atoms with Crippen LogP contribution in [0.15, 0.2) is 54.9 Å². The fraction of sp³-hybridized carbons (Fsp3) is 0.367. The van der Waals surface area contributed by atoms with Gasteiger partial charge in [0.1, 0.15) is 23.1 Å². The molecular weight excluding hydrogens is 569 g/mol. The van der Waals surface area contributed by atoms with Crippen LogP contribution in [0.2, 0.25) is 0 Å². The summed E-state index contributed by atoms with van der Waals surface area (Å²) in [7, 11) is 1.98. The fourth-order valence-electron chi connectivity index (χ4n) is 5.80. The summed E-state index contributed by atoms with van der Waals surface area (Å²) < 4.78 is 72.1. The molecule has 8 nitrogen and oxygen atoms in total. The van der Waals surface area contributed by atoms with E-state index < -0.39 is 35.3 Å². The molecule has 1 atom stereocenters. The molecule has 0 radical (unpaired) electrons. The molecule has 13 heteroatoms. The molecular formula is C30H30F5N7O. The van der Waals surface area contributed by atoms with Gasteiger partial charge in [-0.1, -0.05) is 6.07 Å². The predicted octanol–water partition coefficient (Wildman–Crippen LogP) is 5.37. The first kappa shape index (κ1) is 29.0. The second-order valence-corrected chi connectivity index (χ2v) is 11.0. The Morgan fingerprint density at radius 2 is 1.81 bits per heavy atom. The van der Waals surface area contributed by atoms with E-state index in [4.69, 9.17) is 0 Å². The lowest BCUT2D eigenvalue weighted by Gasteiger charge is -2.33. The third-order valence-electron chi connectivity index (χ3n) is 8.13. The van der Waals surface area contributed by atoms with E-state index in [1.807, 2.05) is 16.8 Å². The molecule has 4 aromatic rings. The number of nitrogens with zero attached hydrogens (tertiary/aromatic N) is 6. The molecule has 0 saturated carbocycles. The molecule has 1 N–H and O–H groups in total. The maximum absolute atomic E-state index is 14.6. The zero-order valence-electron chi connectivity index (χ0n) is 23.4. The molecule has 2 aromatic carbocycles. The summed E-state index contributed by atoms with van der Waals surface area (Å²) in [6.45, 7) is 3.57. The van der Waals surface area contributed by atoms with Crippen molar-refractivity contribution < 1.29 is 26.7 Å². The van der Waals surface area contributed by atoms with Gasteiger partial charge in [0.2, 0.25) is 0 Å². The number of carbonyl (C=O) groups is 1. The normalized spacial score (nSPS) is 18.5. The Morgan fingerprint density at radius 1 is 1.02 bits per heavy atom. The number of fused-ring (bicyclic) bond motifs is 1. The van der Waals surface area contributed by atoms with Gasteiger partial charge in [0, 0.05) is 56.6 Å². The molecule has 6 rings (SSSR count). The van der Waals surface area contributed by atoms with Crippen molar-refractivity contribution in [1.82, 2.24) is 24.4 Å². The molecule has 0 spiro atoms. The molecule has 226 valence electrons. The highest BCUT2D eigenvalue weighted by Gasteiger charge is 2.35. The van der Waals surface area contributed by atoms with Crippen LogP contribution in [0.25, 0.3) is 5.65 Å². The van der Waals surface area contributed by atoms with Crippen molar-refractivity contribution in [3.63, 3.8) is 0 Å². The van der Waals surface area contributed by atoms with Crippen molar-refractivity contribution >= 4 is 23.1 Å². The molecule has 2 aliphatic rings. The largest absolute Gasteiger partial charge is 0.416 e. The lowest BCUT2D eigenvalue weighted by atomic mass is 10.0. The summed E-state index contributed by atoms with van der Waals surface area (Å²) in [5, 5.41) is 6.85. The van der Waals surface area contributed by atoms with Crippen molar-refractivity contribution in [3.05, 3.63) is 88.7 Å². The summed E-state index contributed by atoms with van der Waals surface area (Å²) >= 11 is 0. The van der Waals surface area contributed by atoms with Gasteiger partial charge in [-0.15, -0.1) is 0 Å². The second-order valence-electron chi connectivity index (χ2n) is 11.0. The van der Waals surface area contributed by atoms with Crippen molar-refractivity contribution in [1.29, 1.82) is 0 Å². The smallest absolute Gasteiger partial charge is 0.349 e. The van der Waals surface area contributed by atoms with E-state index in [-0.39, 0.29) is 34.6 Å². The number of amides is 1. The number of rotatable bonds is 6. The van der Waals surface area contributed by atoms with Gasteiger partial charge >= 0.3 is 6.18 Å². The number of carbonyl (C=O) groups excluding carboxylic acids is 1. The van der Waals surface area contributed by atoms with E-state index in [1.165, 1.54) is 28.9 Å². The molecule has 1 unspecified atom stereocenters. The van der Waals surface area contributed by atoms with Crippen molar-refractivity contribution in [2.45, 2.75) is 31.6 Å². The summed E-state index contributed by atoms with van der Waals surface area (Å²) in [4.78, 5) is 23.8. The van der Waals surface area contributed by atoms with Gasteiger partial charge in [-0.05, 0) is 61.9 Å². The van der Waals surface area contributed by atoms with Gasteiger partial charge in [-0.25, -0.2) is 18.3 Å². The molecule has 2 aliphatic heterocycles. The SMILES string of the molecule is CN1CCN(Cc2ccc(C(=O)Nc3cnn4ccc(N5CCCC5c5cc(F)ccc5F)nc34)cc2C(F)(F)F)CC1. The van der Waals surface area contributed by atoms with Crippen molar-refractivity contribution in [3.8, 4) is 0 Å². The number of nitrogens with one attached hydrogen (secondary N) is 1. The molecule has 1 amide bonds. The minimum Gasteiger partial charge on any atom is -0.349 e. The first-order valence-corrected chi connectivity index (χ1v) is 14.0. The van der Waals surface area contributed by atoms with Gasteiger partial charge in [0.05, 0.1) is 17.8 Å². The molecule has 2 fully saturated rings. The number of hydrogen-bond acceptors (Lipinski definition) is 6. The number of aromatic nitrogens is 3. The van der Waals surface area contributed by atoms with Crippen molar-refractivity contribution in [2.24, 2.45) is 0 Å². The second kappa shape index (κ2) is 11.5. The Labute approximate surface area is 244 Å². The maximum atomic E-state index is 14.6. The first-order valence-electron chi connectivity index (χ1n) is 14.0. The highest BCUT2D eigenvalue weighted by molar-refractivity contribution is 6.06. The van der Waals surface area contributed by atoms with Gasteiger partial charge in [-0.2, -0.15) is 18.3 Å². The van der Waals surface area contributed by atoms with Gasteiger partial charge in [0.25, 0.3) is 5.91 Å². The highest BCUT2D eigenvalue weighted by Crippen LogP contribution is 2.37. The van der Waals surface area contributed by atoms with E-state index in [2.05, 4.69) is 20.3 Å². The standard InChI is InChI=1S/C30H30F5N7O/c1-39-11-13-40(14-12-39)18-20-5-4-19(15-23(20)30(33,34)35)29(43)37-25-17-36-42-10-8-27(38-28(25)42)41-9-2-3-26(41)22-16-21(31)6-7-24(22)32/h4-8,10,15-17,26H,2-3,9,11-14,18H2,1H3,(H,37,43). The number of anilines is 2. The van der Waals surface area contributed by atoms with Crippen LogP contribution >= 0.6 is 0 Å². The minimum absolute atomic E-state index is 0.116. The van der Waals surface area contributed by atoms with Gasteiger partial charge in [0.15, 0.2) is 5.65 Å². The van der Waals surface area contributed by atoms with Crippen LogP contribution in [-0.4, -0.2) is 70.1 Å². The lowest BCUT2D eigenvalue weighted by molar-refractivity contribution is -0.138. The van der Waals surface area contributed by atoms with Crippen LogP contribution < -0.4 is 10.2 Å². The number of piperazine rings is 1. The van der Waals surface area contributed by atoms with E-state index in [0.29, 0.717) is 31.9 Å². The van der Waals surface area contributed by atoms with Gasteiger partial charge in [-0.3, -0.25) is 9.69 Å². The quantitative estimate of drug-likeness (QED) is 0.301. The zero-order valence-corrected chi connectivity index (χ0v) is 23.4. The molecule has 0 bridgehead atoms. The van der Waals surface area contributed by atoms with Gasteiger partial charge < -0.3 is 15.1 Å². The van der Waals surface area contributed by atoms with E-state index in [9.17, 15) is 26.7 Å². The number of benzene rings is 2. The van der Waals surface area contributed by atoms with E-state index in [0.717, 1.165) is 37.7 Å². The van der Waals surface area contributed by atoms with E-state index >= 15 is 0 Å². The lowest BCUT2D eigenvalue weighted by Crippen LogP contribution is -2.44. The van der Waals surface area contributed by atoms with E-state index in [1.54, 1.807) is 12.3 Å². The average molecular weight is 600 g/mol. The summed E-state index contributed by atoms with van der Waals surface area (Å²) in [6, 6.07) is 8.26. The molecule has 2 saturated heterocycles. The monoisotopic (exact) mass is 599 g/mol. The Morgan fingerprint density at radius 3 is 2.58 bits per heavy atom. The number of halogens is 5. The number of likely N-dealkylation sites (N-methyl/N-ethyl adjacent to an activating group) is 1. The molecule has 2 aromatic heterocycles. The molecule has 43 heavy (non-hydrogen) atoms. The van der Waals surface area contributed by atoms with Crippen LogP contribution in [0.1, 0.15) is 45.9 Å². The fourth-order valence-corrected chi connectivity index (χ4v) is 5.80. The average Bonchev–Trinajstić information content (AvgIpc) is 3.62. The predicted molar refractivity (Wildman–Crippen MR) is 151 cm³/mol. The topological polar surface area (TPSA) is 69.0 Å². The van der Waals surface area contributed by atoms with Crippen LogP contribution in [0.3, 0.4) is 0 Å². The summed E-state index contributed by atoms with van der Waals surface area (Å²) in [6.07, 6.45) is -0.304. The third-order valence-corrected chi connectivity index (χ3v) is 8.13. The van der Waals surface area contributed by atoms with Crippen LogP contribution in [0, 0.1) is 11.6 Å². The Bertz CT molecular complexity index is 1650. The Hall–Kier alpha value is -4.10. The number of hydrogen-bond donors (Lipinski definition) is 1. The Balaban J connectivity index is 1.24. The molecule has 0 aliphatic carbocycles. The minimum atomic E-state index is -4.63. The maximum Gasteiger partial charge on any atom is 0.416 e. The van der Waals surface area contributed by atoms with Crippen LogP contribution in [0.4, 0.5) is 33.5 Å². The Kier molecular flexibility index (Phi) is 7.77. The summed E-state index contributed by atoms with van der Waals surface area (Å²) in [5.41, 5.74) is -0.174. The molecule has 4 heterocycles. The van der Waals surface area contributed by atoms with Crippen LogP contribution in [-0.2, 0) is 12.7 Å². The van der Waals surface area contributed by atoms with Crippen molar-refractivity contribution in [2.75, 3.05) is 50.0 Å². The number of alkyl halides is 3. The third kappa shape index (κ3) is 6.04. The zero-order chi connectivity index (χ0) is 30.3. The van der Waals surface area contributed by atoms with Crippen LogP contribution in [0.5, 0.6) is 0 Å². The first-order chi connectivity index (χ1) is 20.6. The highest BCUT2D eigenvalue weighted by atomic mass is 19.4. The summed E-state index contributed by atoms with van der Waals surface area (Å²) in [5.74, 6) is -1.31.